The number of hydrogen-bond donors (Lipinski definition) is 2. The minimum atomic E-state index is 0.269. The van der Waals surface area contributed by atoms with Crippen molar-refractivity contribution in [1.29, 1.82) is 0 Å². The van der Waals surface area contributed by atoms with Crippen molar-refractivity contribution in [2.75, 3.05) is 23.7 Å². The maximum Gasteiger partial charge on any atom is 0.227 e. The molecule has 2 aromatic heterocycles. The highest BCUT2D eigenvalue weighted by Gasteiger charge is 2.25. The van der Waals surface area contributed by atoms with Crippen LogP contribution < -0.4 is 10.6 Å². The van der Waals surface area contributed by atoms with Crippen LogP contribution >= 0.6 is 0 Å². The molecule has 1 aliphatic rings. The van der Waals surface area contributed by atoms with E-state index in [2.05, 4.69) is 101 Å². The Hall–Kier alpha value is -3.45. The van der Waals surface area contributed by atoms with E-state index in [4.69, 9.17) is 9.97 Å². The molecule has 0 bridgehead atoms. The lowest BCUT2D eigenvalue weighted by molar-refractivity contribution is 0.167. The summed E-state index contributed by atoms with van der Waals surface area (Å²) in [6.45, 7) is 11.8. The van der Waals surface area contributed by atoms with Gasteiger partial charge in [0.15, 0.2) is 17.0 Å². The van der Waals surface area contributed by atoms with Gasteiger partial charge < -0.3 is 20.1 Å². The van der Waals surface area contributed by atoms with E-state index in [1.54, 1.807) is 0 Å². The van der Waals surface area contributed by atoms with Crippen LogP contribution in [0.15, 0.2) is 60.9 Å². The summed E-state index contributed by atoms with van der Waals surface area (Å²) in [4.78, 5) is 17.1. The van der Waals surface area contributed by atoms with Gasteiger partial charge in [0.1, 0.15) is 0 Å². The average molecular weight is 512 g/mol. The van der Waals surface area contributed by atoms with Crippen LogP contribution in [0.2, 0.25) is 0 Å². The number of aromatic nitrogens is 4. The number of nitrogens with zero attached hydrogens (tertiary/aromatic N) is 5. The van der Waals surface area contributed by atoms with Crippen molar-refractivity contribution in [3.8, 4) is 11.1 Å². The Morgan fingerprint density at radius 1 is 0.895 bits per heavy atom. The van der Waals surface area contributed by atoms with Gasteiger partial charge in [0.25, 0.3) is 0 Å². The van der Waals surface area contributed by atoms with E-state index in [0.717, 1.165) is 42.9 Å². The van der Waals surface area contributed by atoms with E-state index < -0.39 is 0 Å². The number of rotatable bonds is 10. The second-order valence-corrected chi connectivity index (χ2v) is 10.6. The van der Waals surface area contributed by atoms with Crippen LogP contribution in [0.25, 0.3) is 22.3 Å². The molecule has 0 aliphatic heterocycles. The van der Waals surface area contributed by atoms with Crippen molar-refractivity contribution in [3.63, 3.8) is 0 Å². The van der Waals surface area contributed by atoms with Crippen LogP contribution in [0.3, 0.4) is 0 Å². The van der Waals surface area contributed by atoms with Crippen molar-refractivity contribution < 1.29 is 0 Å². The molecule has 4 aromatic rings. The molecule has 1 saturated carbocycles. The number of hydrogen-bond acceptors (Lipinski definition) is 6. The van der Waals surface area contributed by atoms with Crippen molar-refractivity contribution in [2.24, 2.45) is 0 Å². The van der Waals surface area contributed by atoms with Gasteiger partial charge in [-0.2, -0.15) is 9.97 Å². The van der Waals surface area contributed by atoms with Crippen LogP contribution in [0, 0.1) is 0 Å². The summed E-state index contributed by atoms with van der Waals surface area (Å²) >= 11 is 0. The Kier molecular flexibility index (Phi) is 8.23. The van der Waals surface area contributed by atoms with Gasteiger partial charge in [0.2, 0.25) is 5.95 Å². The molecule has 0 amide bonds. The molecule has 200 valence electrons. The number of nitrogens with one attached hydrogen (secondary N) is 2. The zero-order valence-electron chi connectivity index (χ0n) is 23.2. The van der Waals surface area contributed by atoms with E-state index in [1.807, 2.05) is 12.4 Å². The summed E-state index contributed by atoms with van der Waals surface area (Å²) in [5.41, 5.74) is 5.33. The number of anilines is 2. The Bertz CT molecular complexity index is 1300. The molecular formula is C31H41N7. The fraction of sp³-hybridized carbons (Fsp3) is 0.452. The summed E-state index contributed by atoms with van der Waals surface area (Å²) in [5, 5.41) is 7.22. The molecule has 0 radical (unpaired) electrons. The molecule has 2 N–H and O–H groups in total. The maximum atomic E-state index is 4.93. The zero-order valence-corrected chi connectivity index (χ0v) is 23.2. The third kappa shape index (κ3) is 5.83. The largest absolute Gasteiger partial charge is 0.364 e. The number of benzene rings is 2. The molecule has 7 heteroatoms. The van der Waals surface area contributed by atoms with Crippen molar-refractivity contribution in [1.82, 2.24) is 24.4 Å². The Balaban J connectivity index is 1.32. The van der Waals surface area contributed by atoms with E-state index in [-0.39, 0.29) is 6.04 Å². The molecule has 2 aromatic carbocycles. The molecular weight excluding hydrogens is 470 g/mol. The quantitative estimate of drug-likeness (QED) is 0.245. The minimum Gasteiger partial charge on any atom is -0.364 e. The molecule has 0 spiro atoms. The molecule has 1 fully saturated rings. The van der Waals surface area contributed by atoms with Gasteiger partial charge in [-0.15, -0.1) is 0 Å². The van der Waals surface area contributed by atoms with Gasteiger partial charge >= 0.3 is 0 Å². The van der Waals surface area contributed by atoms with Crippen LogP contribution in [-0.4, -0.2) is 49.6 Å². The molecule has 7 nitrogen and oxygen atoms in total. The number of imidazole rings is 1. The van der Waals surface area contributed by atoms with Gasteiger partial charge in [-0.3, -0.25) is 0 Å². The standard InChI is InChI=1S/C31H41N7/c1-5-37(6-2)27-18-16-26(17-19-27)34-31-35-29(28-30(36-31)38(21-33-28)22(3)4)32-20-23-12-14-25(15-13-23)24-10-8-7-9-11-24/h7-15,21-22,26-27H,5-6,16-20H2,1-4H3,(H2,32,34,35,36). The monoisotopic (exact) mass is 511 g/mol. The van der Waals surface area contributed by atoms with E-state index in [1.165, 1.54) is 29.5 Å². The van der Waals surface area contributed by atoms with Gasteiger partial charge in [0.05, 0.1) is 6.33 Å². The molecule has 0 saturated heterocycles. The Morgan fingerprint density at radius 3 is 2.24 bits per heavy atom. The molecule has 0 unspecified atom stereocenters. The lowest BCUT2D eigenvalue weighted by Crippen LogP contribution is -2.40. The molecule has 5 rings (SSSR count). The highest BCUT2D eigenvalue weighted by atomic mass is 15.2. The third-order valence-electron chi connectivity index (χ3n) is 7.86. The van der Waals surface area contributed by atoms with Gasteiger partial charge in [-0.25, -0.2) is 4.98 Å². The average Bonchev–Trinajstić information content (AvgIpc) is 3.39. The highest BCUT2D eigenvalue weighted by Crippen LogP contribution is 2.28. The zero-order chi connectivity index (χ0) is 26.5. The molecule has 2 heterocycles. The van der Waals surface area contributed by atoms with E-state index in [9.17, 15) is 0 Å². The Morgan fingerprint density at radius 2 is 1.58 bits per heavy atom. The topological polar surface area (TPSA) is 70.9 Å². The fourth-order valence-electron chi connectivity index (χ4n) is 5.62. The lowest BCUT2D eigenvalue weighted by Gasteiger charge is -2.36. The van der Waals surface area contributed by atoms with Crippen LogP contribution in [0.1, 0.15) is 65.0 Å². The van der Waals surface area contributed by atoms with Crippen LogP contribution in [0.4, 0.5) is 11.8 Å². The van der Waals surface area contributed by atoms with E-state index in [0.29, 0.717) is 24.6 Å². The van der Waals surface area contributed by atoms with Gasteiger partial charge in [-0.1, -0.05) is 68.4 Å². The van der Waals surface area contributed by atoms with E-state index >= 15 is 0 Å². The van der Waals surface area contributed by atoms with Crippen LogP contribution in [-0.2, 0) is 6.54 Å². The minimum absolute atomic E-state index is 0.269. The van der Waals surface area contributed by atoms with Crippen LogP contribution in [0.5, 0.6) is 0 Å². The SMILES string of the molecule is CCN(CC)C1CCC(Nc2nc(NCc3ccc(-c4ccccc4)cc3)c3ncn(C(C)C)c3n2)CC1. The predicted molar refractivity (Wildman–Crippen MR) is 158 cm³/mol. The first kappa shape index (κ1) is 26.2. The second-order valence-electron chi connectivity index (χ2n) is 10.6. The third-order valence-corrected chi connectivity index (χ3v) is 7.86. The van der Waals surface area contributed by atoms with Gasteiger partial charge in [0, 0.05) is 24.7 Å². The first-order valence-electron chi connectivity index (χ1n) is 14.2. The van der Waals surface area contributed by atoms with Crippen molar-refractivity contribution >= 4 is 22.9 Å². The normalized spacial score (nSPS) is 17.8. The maximum absolute atomic E-state index is 4.93. The number of fused-ring (bicyclic) bond motifs is 1. The summed E-state index contributed by atoms with van der Waals surface area (Å²) < 4.78 is 2.12. The molecule has 38 heavy (non-hydrogen) atoms. The Labute approximate surface area is 226 Å². The van der Waals surface area contributed by atoms with Crippen molar-refractivity contribution in [3.05, 3.63) is 66.5 Å². The summed E-state index contributed by atoms with van der Waals surface area (Å²) in [7, 11) is 0. The summed E-state index contributed by atoms with van der Waals surface area (Å²) in [6, 6.07) is 20.5. The first-order valence-corrected chi connectivity index (χ1v) is 14.2. The highest BCUT2D eigenvalue weighted by molar-refractivity contribution is 5.84. The summed E-state index contributed by atoms with van der Waals surface area (Å²) in [6.07, 6.45) is 6.60. The lowest BCUT2D eigenvalue weighted by atomic mass is 9.90. The van der Waals surface area contributed by atoms with Crippen molar-refractivity contribution in [2.45, 2.75) is 78.0 Å². The first-order chi connectivity index (χ1) is 18.6. The predicted octanol–water partition coefficient (Wildman–Crippen LogP) is 6.75. The summed E-state index contributed by atoms with van der Waals surface area (Å²) in [5.74, 6) is 1.47. The fourth-order valence-corrected chi connectivity index (χ4v) is 5.62. The molecule has 1 aliphatic carbocycles. The smallest absolute Gasteiger partial charge is 0.227 e. The second kappa shape index (κ2) is 11.9. The van der Waals surface area contributed by atoms with Gasteiger partial charge in [-0.05, 0) is 69.3 Å². The molecule has 0 atom stereocenters.